The van der Waals surface area contributed by atoms with E-state index in [1.54, 1.807) is 18.3 Å². The zero-order valence-electron chi connectivity index (χ0n) is 10.7. The van der Waals surface area contributed by atoms with Gasteiger partial charge < -0.3 is 14.1 Å². The summed E-state index contributed by atoms with van der Waals surface area (Å²) in [6, 6.07) is 10.2. The first-order valence-corrected chi connectivity index (χ1v) is 6.94. The number of carbonyl (C=O) groups is 1. The van der Waals surface area contributed by atoms with E-state index in [9.17, 15) is 9.59 Å². The number of aromatic carboxylic acids is 1. The fourth-order valence-electron chi connectivity index (χ4n) is 2.13. The van der Waals surface area contributed by atoms with Crippen molar-refractivity contribution in [1.82, 2.24) is 4.57 Å². The number of benzene rings is 1. The summed E-state index contributed by atoms with van der Waals surface area (Å²) < 4.78 is 7.56. The fraction of sp³-hybridized carbons (Fsp3) is 0.0667. The van der Waals surface area contributed by atoms with Gasteiger partial charge in [-0.3, -0.25) is 4.79 Å². The molecule has 0 spiro atoms. The van der Waals surface area contributed by atoms with Crippen molar-refractivity contribution in [2.45, 2.75) is 6.54 Å². The number of carboxylic acid groups (broad SMARTS) is 1. The molecular weight excluding hydrogens is 338 g/mol. The molecule has 2 heterocycles. The van der Waals surface area contributed by atoms with Gasteiger partial charge >= 0.3 is 5.97 Å². The van der Waals surface area contributed by atoms with Crippen molar-refractivity contribution in [2.75, 3.05) is 0 Å². The molecule has 0 bridgehead atoms. The Morgan fingerprint density at radius 3 is 2.76 bits per heavy atom. The third kappa shape index (κ3) is 2.62. The number of aromatic nitrogens is 1. The van der Waals surface area contributed by atoms with Crippen LogP contribution in [0.25, 0.3) is 10.8 Å². The van der Waals surface area contributed by atoms with Crippen LogP contribution < -0.4 is 5.56 Å². The first-order chi connectivity index (χ1) is 10.0. The van der Waals surface area contributed by atoms with Crippen molar-refractivity contribution in [3.63, 3.8) is 0 Å². The van der Waals surface area contributed by atoms with E-state index >= 15 is 0 Å². The predicted octanol–water partition coefficient (Wildman–Crippen LogP) is 3.10. The molecule has 0 saturated carbocycles. The van der Waals surface area contributed by atoms with Crippen LogP contribution in [0.1, 0.15) is 16.3 Å². The number of nitrogens with zero attached hydrogens (tertiary/aromatic N) is 1. The molecule has 106 valence electrons. The average Bonchev–Trinajstić information content (AvgIpc) is 2.91. The number of hydrogen-bond acceptors (Lipinski definition) is 3. The average molecular weight is 348 g/mol. The highest BCUT2D eigenvalue weighted by Gasteiger charge is 2.10. The van der Waals surface area contributed by atoms with Crippen LogP contribution in [0.4, 0.5) is 0 Å². The Bertz CT molecular complexity index is 894. The number of carboxylic acids is 1. The van der Waals surface area contributed by atoms with Gasteiger partial charge in [-0.05, 0) is 41.8 Å². The van der Waals surface area contributed by atoms with Crippen LogP contribution in [-0.4, -0.2) is 15.6 Å². The highest BCUT2D eigenvalue weighted by atomic mass is 79.9. The van der Waals surface area contributed by atoms with Crippen molar-refractivity contribution in [2.24, 2.45) is 0 Å². The van der Waals surface area contributed by atoms with Crippen LogP contribution in [0.5, 0.6) is 0 Å². The molecule has 1 aromatic carbocycles. The third-order valence-electron chi connectivity index (χ3n) is 3.14. The van der Waals surface area contributed by atoms with Gasteiger partial charge in [-0.25, -0.2) is 4.79 Å². The monoisotopic (exact) mass is 347 g/mol. The Hall–Kier alpha value is -2.34. The van der Waals surface area contributed by atoms with Gasteiger partial charge in [0.2, 0.25) is 5.76 Å². The van der Waals surface area contributed by atoms with Crippen LogP contribution in [0, 0.1) is 0 Å². The lowest BCUT2D eigenvalue weighted by Gasteiger charge is -2.05. The van der Waals surface area contributed by atoms with E-state index in [4.69, 9.17) is 9.52 Å². The number of furan rings is 1. The minimum absolute atomic E-state index is 0.136. The minimum Gasteiger partial charge on any atom is -0.475 e. The summed E-state index contributed by atoms with van der Waals surface area (Å²) in [5.74, 6) is -0.842. The van der Waals surface area contributed by atoms with Crippen LogP contribution in [0.15, 0.2) is 56.3 Å². The lowest BCUT2D eigenvalue weighted by Crippen LogP contribution is -2.19. The van der Waals surface area contributed by atoms with Gasteiger partial charge in [0.15, 0.2) is 0 Å². The Balaban J connectivity index is 2.00. The van der Waals surface area contributed by atoms with Crippen molar-refractivity contribution < 1.29 is 14.3 Å². The highest BCUT2D eigenvalue weighted by molar-refractivity contribution is 9.10. The smallest absolute Gasteiger partial charge is 0.371 e. The van der Waals surface area contributed by atoms with E-state index in [2.05, 4.69) is 15.9 Å². The molecule has 0 fully saturated rings. The number of halogens is 1. The lowest BCUT2D eigenvalue weighted by molar-refractivity contribution is 0.0660. The Kier molecular flexibility index (Phi) is 3.39. The summed E-state index contributed by atoms with van der Waals surface area (Å²) in [5, 5.41) is 10.3. The summed E-state index contributed by atoms with van der Waals surface area (Å²) in [5.41, 5.74) is -0.145. The van der Waals surface area contributed by atoms with Gasteiger partial charge in [0, 0.05) is 16.1 Å². The maximum Gasteiger partial charge on any atom is 0.371 e. The minimum atomic E-state index is -1.13. The van der Waals surface area contributed by atoms with Gasteiger partial charge in [-0.2, -0.15) is 0 Å². The molecule has 21 heavy (non-hydrogen) atoms. The molecule has 3 aromatic rings. The van der Waals surface area contributed by atoms with Crippen LogP contribution >= 0.6 is 15.9 Å². The molecule has 0 unspecified atom stereocenters. The van der Waals surface area contributed by atoms with Crippen molar-refractivity contribution in [1.29, 1.82) is 0 Å². The molecule has 0 amide bonds. The van der Waals surface area contributed by atoms with Crippen LogP contribution in [0.2, 0.25) is 0 Å². The van der Waals surface area contributed by atoms with Gasteiger partial charge in [0.05, 0.1) is 6.54 Å². The fourth-order valence-corrected chi connectivity index (χ4v) is 2.51. The zero-order valence-corrected chi connectivity index (χ0v) is 12.3. The lowest BCUT2D eigenvalue weighted by atomic mass is 10.2. The molecule has 1 N–H and O–H groups in total. The van der Waals surface area contributed by atoms with Crippen LogP contribution in [-0.2, 0) is 6.54 Å². The van der Waals surface area contributed by atoms with Gasteiger partial charge in [0.25, 0.3) is 5.56 Å². The molecule has 0 aliphatic heterocycles. The molecule has 0 aliphatic rings. The quantitative estimate of drug-likeness (QED) is 0.790. The predicted molar refractivity (Wildman–Crippen MR) is 80.7 cm³/mol. The second-order valence-corrected chi connectivity index (χ2v) is 5.47. The largest absolute Gasteiger partial charge is 0.475 e. The second-order valence-electron chi connectivity index (χ2n) is 4.55. The Morgan fingerprint density at radius 1 is 1.24 bits per heavy atom. The number of fused-ring (bicyclic) bond motifs is 1. The third-order valence-corrected chi connectivity index (χ3v) is 3.63. The normalized spacial score (nSPS) is 10.9. The molecule has 0 radical (unpaired) electrons. The highest BCUT2D eigenvalue weighted by Crippen LogP contribution is 2.17. The summed E-state index contributed by atoms with van der Waals surface area (Å²) >= 11 is 3.37. The summed E-state index contributed by atoms with van der Waals surface area (Å²) in [6.07, 6.45) is 1.67. The maximum atomic E-state index is 12.4. The molecule has 0 aliphatic carbocycles. The standard InChI is InChI=1S/C15H10BrNO4/c16-10-1-3-12-9(7-10)5-6-17(14(12)18)8-11-2-4-13(21-11)15(19)20/h1-7H,8H2,(H,19,20). The number of pyridine rings is 1. The first kappa shape index (κ1) is 13.6. The summed E-state index contributed by atoms with van der Waals surface area (Å²) in [4.78, 5) is 23.1. The number of hydrogen-bond donors (Lipinski definition) is 1. The topological polar surface area (TPSA) is 72.4 Å². The Labute approximate surface area is 127 Å². The molecule has 6 heteroatoms. The Morgan fingerprint density at radius 2 is 2.05 bits per heavy atom. The van der Waals surface area contributed by atoms with E-state index in [1.165, 1.54) is 10.6 Å². The van der Waals surface area contributed by atoms with Gasteiger partial charge in [-0.1, -0.05) is 15.9 Å². The molecule has 2 aromatic heterocycles. The van der Waals surface area contributed by atoms with E-state index in [0.717, 1.165) is 9.86 Å². The molecular formula is C15H10BrNO4. The molecule has 5 nitrogen and oxygen atoms in total. The summed E-state index contributed by atoms with van der Waals surface area (Å²) in [6.45, 7) is 0.193. The van der Waals surface area contributed by atoms with Gasteiger partial charge in [0.1, 0.15) is 5.76 Å². The van der Waals surface area contributed by atoms with Crippen molar-refractivity contribution >= 4 is 32.7 Å². The summed E-state index contributed by atoms with van der Waals surface area (Å²) in [7, 11) is 0. The maximum absolute atomic E-state index is 12.4. The van der Waals surface area contributed by atoms with E-state index in [1.807, 2.05) is 18.2 Å². The zero-order chi connectivity index (χ0) is 15.0. The molecule has 0 saturated heterocycles. The first-order valence-electron chi connectivity index (χ1n) is 6.15. The number of rotatable bonds is 3. The van der Waals surface area contributed by atoms with E-state index in [-0.39, 0.29) is 17.9 Å². The second kappa shape index (κ2) is 5.21. The molecule has 0 atom stereocenters. The molecule has 3 rings (SSSR count). The van der Waals surface area contributed by atoms with Crippen molar-refractivity contribution in [3.05, 3.63) is 68.9 Å². The van der Waals surface area contributed by atoms with E-state index < -0.39 is 5.97 Å². The van der Waals surface area contributed by atoms with E-state index in [0.29, 0.717) is 11.1 Å². The van der Waals surface area contributed by atoms with Crippen LogP contribution in [0.3, 0.4) is 0 Å². The van der Waals surface area contributed by atoms with Crippen molar-refractivity contribution in [3.8, 4) is 0 Å². The SMILES string of the molecule is O=C(O)c1ccc(Cn2ccc3cc(Br)ccc3c2=O)o1. The van der Waals surface area contributed by atoms with Gasteiger partial charge in [-0.15, -0.1) is 0 Å².